The number of hydrogen-bond acceptors (Lipinski definition) is 2. The Morgan fingerprint density at radius 2 is 1.94 bits per heavy atom. The van der Waals surface area contributed by atoms with Crippen LogP contribution in [-0.4, -0.2) is 17.8 Å². The van der Waals surface area contributed by atoms with Crippen molar-refractivity contribution < 1.29 is 9.84 Å². The second-order valence-corrected chi connectivity index (χ2v) is 5.03. The molecule has 1 fully saturated rings. The highest BCUT2D eigenvalue weighted by Crippen LogP contribution is 2.39. The maximum absolute atomic E-state index is 9.78. The SMILES string of the molecule is CCCOc1ccc(C2CCC(O)C2C)cc1. The molecule has 2 nitrogen and oxygen atoms in total. The van der Waals surface area contributed by atoms with Crippen LogP contribution in [0.25, 0.3) is 0 Å². The van der Waals surface area contributed by atoms with Crippen molar-refractivity contribution >= 4 is 0 Å². The molecule has 0 heterocycles. The van der Waals surface area contributed by atoms with Crippen LogP contribution < -0.4 is 4.74 Å². The van der Waals surface area contributed by atoms with E-state index in [1.165, 1.54) is 5.56 Å². The Labute approximate surface area is 104 Å². The minimum Gasteiger partial charge on any atom is -0.494 e. The van der Waals surface area contributed by atoms with E-state index in [1.54, 1.807) is 0 Å². The summed E-state index contributed by atoms with van der Waals surface area (Å²) in [6, 6.07) is 8.37. The molecule has 1 aromatic carbocycles. The van der Waals surface area contributed by atoms with Gasteiger partial charge in [0.15, 0.2) is 0 Å². The quantitative estimate of drug-likeness (QED) is 0.865. The molecule has 1 aliphatic rings. The molecule has 0 radical (unpaired) electrons. The molecule has 0 saturated heterocycles. The van der Waals surface area contributed by atoms with E-state index in [4.69, 9.17) is 4.74 Å². The fourth-order valence-corrected chi connectivity index (χ4v) is 2.65. The lowest BCUT2D eigenvalue weighted by atomic mass is 9.89. The molecule has 0 spiro atoms. The summed E-state index contributed by atoms with van der Waals surface area (Å²) < 4.78 is 5.57. The van der Waals surface area contributed by atoms with Gasteiger partial charge in [0.05, 0.1) is 12.7 Å². The van der Waals surface area contributed by atoms with Gasteiger partial charge in [0.2, 0.25) is 0 Å². The Hall–Kier alpha value is -1.02. The number of aliphatic hydroxyl groups excluding tert-OH is 1. The topological polar surface area (TPSA) is 29.5 Å². The zero-order valence-corrected chi connectivity index (χ0v) is 10.7. The van der Waals surface area contributed by atoms with Crippen molar-refractivity contribution in [2.75, 3.05) is 6.61 Å². The van der Waals surface area contributed by atoms with Crippen molar-refractivity contribution in [3.8, 4) is 5.75 Å². The molecule has 0 amide bonds. The minimum absolute atomic E-state index is 0.129. The molecular weight excluding hydrogens is 212 g/mol. The summed E-state index contributed by atoms with van der Waals surface area (Å²) in [5, 5.41) is 9.78. The summed E-state index contributed by atoms with van der Waals surface area (Å²) >= 11 is 0. The summed E-state index contributed by atoms with van der Waals surface area (Å²) in [4.78, 5) is 0. The van der Waals surface area contributed by atoms with Crippen LogP contribution in [0.1, 0.15) is 44.6 Å². The Bertz CT molecular complexity index is 344. The fourth-order valence-electron chi connectivity index (χ4n) is 2.65. The van der Waals surface area contributed by atoms with Crippen LogP contribution >= 0.6 is 0 Å². The van der Waals surface area contributed by atoms with Crippen LogP contribution in [0.5, 0.6) is 5.75 Å². The summed E-state index contributed by atoms with van der Waals surface area (Å²) in [5.41, 5.74) is 1.33. The van der Waals surface area contributed by atoms with Crippen LogP contribution in [-0.2, 0) is 0 Å². The average molecular weight is 234 g/mol. The van der Waals surface area contributed by atoms with Gasteiger partial charge in [-0.15, -0.1) is 0 Å². The average Bonchev–Trinajstić information content (AvgIpc) is 2.68. The first-order valence-electron chi connectivity index (χ1n) is 6.63. The van der Waals surface area contributed by atoms with Gasteiger partial charge in [-0.25, -0.2) is 0 Å². The van der Waals surface area contributed by atoms with E-state index >= 15 is 0 Å². The Morgan fingerprint density at radius 3 is 2.47 bits per heavy atom. The molecule has 2 heteroatoms. The fraction of sp³-hybridized carbons (Fsp3) is 0.600. The van der Waals surface area contributed by atoms with Gasteiger partial charge in [-0.1, -0.05) is 26.0 Å². The van der Waals surface area contributed by atoms with Gasteiger partial charge < -0.3 is 9.84 Å². The van der Waals surface area contributed by atoms with E-state index in [2.05, 4.69) is 26.0 Å². The van der Waals surface area contributed by atoms with Crippen molar-refractivity contribution in [2.45, 2.75) is 45.1 Å². The van der Waals surface area contributed by atoms with Gasteiger partial charge in [-0.2, -0.15) is 0 Å². The third kappa shape index (κ3) is 2.81. The highest BCUT2D eigenvalue weighted by molar-refractivity contribution is 5.30. The molecular formula is C15H22O2. The zero-order chi connectivity index (χ0) is 12.3. The first-order valence-corrected chi connectivity index (χ1v) is 6.63. The van der Waals surface area contributed by atoms with Crippen molar-refractivity contribution in [2.24, 2.45) is 5.92 Å². The smallest absolute Gasteiger partial charge is 0.119 e. The van der Waals surface area contributed by atoms with Crippen molar-refractivity contribution in [1.29, 1.82) is 0 Å². The molecule has 3 unspecified atom stereocenters. The normalized spacial score (nSPS) is 28.3. The van der Waals surface area contributed by atoms with Crippen molar-refractivity contribution in [3.05, 3.63) is 29.8 Å². The van der Waals surface area contributed by atoms with Crippen LogP contribution in [0.3, 0.4) is 0 Å². The Kier molecular flexibility index (Phi) is 4.06. The Balaban J connectivity index is 2.02. The van der Waals surface area contributed by atoms with Crippen LogP contribution in [0.2, 0.25) is 0 Å². The molecule has 2 rings (SSSR count). The van der Waals surface area contributed by atoms with E-state index in [0.717, 1.165) is 31.6 Å². The molecule has 1 saturated carbocycles. The highest BCUT2D eigenvalue weighted by Gasteiger charge is 2.32. The highest BCUT2D eigenvalue weighted by atomic mass is 16.5. The predicted octanol–water partition coefficient (Wildman–Crippen LogP) is 3.35. The molecule has 3 atom stereocenters. The predicted molar refractivity (Wildman–Crippen MR) is 69.4 cm³/mol. The lowest BCUT2D eigenvalue weighted by molar-refractivity contribution is 0.136. The molecule has 1 aromatic rings. The summed E-state index contributed by atoms with van der Waals surface area (Å²) in [5.74, 6) is 1.82. The number of benzene rings is 1. The second-order valence-electron chi connectivity index (χ2n) is 5.03. The number of aliphatic hydroxyl groups is 1. The monoisotopic (exact) mass is 234 g/mol. The number of rotatable bonds is 4. The van der Waals surface area contributed by atoms with Crippen molar-refractivity contribution in [1.82, 2.24) is 0 Å². The van der Waals surface area contributed by atoms with Gasteiger partial charge in [0.1, 0.15) is 5.75 Å². The van der Waals surface area contributed by atoms with E-state index < -0.39 is 0 Å². The molecule has 1 aliphatic carbocycles. The van der Waals surface area contributed by atoms with E-state index in [1.807, 2.05) is 12.1 Å². The third-order valence-corrected chi connectivity index (χ3v) is 3.80. The maximum atomic E-state index is 9.78. The van der Waals surface area contributed by atoms with Gasteiger partial charge in [0.25, 0.3) is 0 Å². The summed E-state index contributed by atoms with van der Waals surface area (Å²) in [6.45, 7) is 5.03. The largest absolute Gasteiger partial charge is 0.494 e. The first kappa shape index (κ1) is 12.4. The molecule has 0 bridgehead atoms. The van der Waals surface area contributed by atoms with E-state index in [-0.39, 0.29) is 6.10 Å². The summed E-state index contributed by atoms with van der Waals surface area (Å²) in [7, 11) is 0. The standard InChI is InChI=1S/C15H22O2/c1-3-10-17-13-6-4-12(5-7-13)14-8-9-15(16)11(14)2/h4-7,11,14-16H,3,8-10H2,1-2H3. The third-order valence-electron chi connectivity index (χ3n) is 3.80. The summed E-state index contributed by atoms with van der Waals surface area (Å²) in [6.07, 6.45) is 2.93. The van der Waals surface area contributed by atoms with Gasteiger partial charge in [-0.05, 0) is 48.8 Å². The van der Waals surface area contributed by atoms with Gasteiger partial charge in [0, 0.05) is 0 Å². The van der Waals surface area contributed by atoms with Crippen LogP contribution in [0.4, 0.5) is 0 Å². The minimum atomic E-state index is -0.129. The molecule has 94 valence electrons. The van der Waals surface area contributed by atoms with Gasteiger partial charge in [-0.3, -0.25) is 0 Å². The second kappa shape index (κ2) is 5.54. The van der Waals surface area contributed by atoms with Gasteiger partial charge >= 0.3 is 0 Å². The molecule has 1 N–H and O–H groups in total. The lowest BCUT2D eigenvalue weighted by Gasteiger charge is -2.18. The number of ether oxygens (including phenoxy) is 1. The van der Waals surface area contributed by atoms with E-state index in [0.29, 0.717) is 11.8 Å². The van der Waals surface area contributed by atoms with Crippen LogP contribution in [0.15, 0.2) is 24.3 Å². The maximum Gasteiger partial charge on any atom is 0.119 e. The Morgan fingerprint density at radius 1 is 1.24 bits per heavy atom. The zero-order valence-electron chi connectivity index (χ0n) is 10.7. The lowest BCUT2D eigenvalue weighted by Crippen LogP contribution is -2.13. The number of hydrogen-bond donors (Lipinski definition) is 1. The van der Waals surface area contributed by atoms with E-state index in [9.17, 15) is 5.11 Å². The van der Waals surface area contributed by atoms with Crippen molar-refractivity contribution in [3.63, 3.8) is 0 Å². The first-order chi connectivity index (χ1) is 8.22. The van der Waals surface area contributed by atoms with Crippen LogP contribution in [0, 0.1) is 5.92 Å². The molecule has 0 aliphatic heterocycles. The molecule has 17 heavy (non-hydrogen) atoms. The molecule has 0 aromatic heterocycles.